The Morgan fingerprint density at radius 1 is 1.23 bits per heavy atom. The van der Waals surface area contributed by atoms with Crippen molar-refractivity contribution in [3.63, 3.8) is 0 Å². The van der Waals surface area contributed by atoms with Crippen LogP contribution in [0.3, 0.4) is 0 Å². The van der Waals surface area contributed by atoms with Crippen LogP contribution in [0.25, 0.3) is 10.8 Å². The molecule has 5 nitrogen and oxygen atoms in total. The highest BCUT2D eigenvalue weighted by atomic mass is 19.1. The second kappa shape index (κ2) is 6.44. The van der Waals surface area contributed by atoms with E-state index in [0.29, 0.717) is 17.6 Å². The number of hydrogen-bond donors (Lipinski definition) is 2. The van der Waals surface area contributed by atoms with Crippen LogP contribution in [0, 0.1) is 5.82 Å². The van der Waals surface area contributed by atoms with E-state index in [-0.39, 0.29) is 5.56 Å². The minimum Gasteiger partial charge on any atom is -0.384 e. The van der Waals surface area contributed by atoms with Crippen molar-refractivity contribution in [3.8, 4) is 0 Å². The van der Waals surface area contributed by atoms with E-state index in [1.807, 2.05) is 0 Å². The fraction of sp³-hybridized carbons (Fsp3) is 0.500. The van der Waals surface area contributed by atoms with Gasteiger partial charge in [-0.1, -0.05) is 6.42 Å². The molecule has 6 heteroatoms. The summed E-state index contributed by atoms with van der Waals surface area (Å²) in [6.45, 7) is 3.35. The molecule has 1 aromatic carbocycles. The summed E-state index contributed by atoms with van der Waals surface area (Å²) in [6.07, 6.45) is 5.02. The van der Waals surface area contributed by atoms with Crippen molar-refractivity contribution in [2.75, 3.05) is 32.0 Å². The Labute approximate surface area is 128 Å². The molecule has 0 atom stereocenters. The predicted octanol–water partition coefficient (Wildman–Crippen LogP) is 2.13. The largest absolute Gasteiger partial charge is 0.384 e. The Kier molecular flexibility index (Phi) is 4.38. The fourth-order valence-corrected chi connectivity index (χ4v) is 3.02. The van der Waals surface area contributed by atoms with Gasteiger partial charge < -0.3 is 10.2 Å². The van der Waals surface area contributed by atoms with Crippen LogP contribution in [-0.4, -0.2) is 41.8 Å². The van der Waals surface area contributed by atoms with Crippen LogP contribution in [0.2, 0.25) is 0 Å². The van der Waals surface area contributed by atoms with Crippen molar-refractivity contribution in [2.45, 2.75) is 25.7 Å². The number of aromatic amines is 1. The Bertz CT molecular complexity index is 722. The van der Waals surface area contributed by atoms with E-state index in [4.69, 9.17) is 0 Å². The van der Waals surface area contributed by atoms with Crippen molar-refractivity contribution < 1.29 is 4.39 Å². The first-order valence-corrected chi connectivity index (χ1v) is 7.78. The molecule has 2 aliphatic rings. The number of nitrogens with one attached hydrogen (secondary N) is 2. The van der Waals surface area contributed by atoms with Gasteiger partial charge >= 0.3 is 0 Å². The Morgan fingerprint density at radius 3 is 2.68 bits per heavy atom. The highest BCUT2D eigenvalue weighted by Crippen LogP contribution is 2.27. The quantitative estimate of drug-likeness (QED) is 0.783. The zero-order chi connectivity index (χ0) is 15.5. The number of hydrogen-bond acceptors (Lipinski definition) is 4. The smallest absolute Gasteiger partial charge is 0.272 e. The lowest BCUT2D eigenvalue weighted by atomic mass is 10.0. The van der Waals surface area contributed by atoms with Crippen molar-refractivity contribution in [2.24, 2.45) is 0 Å². The molecule has 4 rings (SSSR count). The van der Waals surface area contributed by atoms with Gasteiger partial charge in [-0.3, -0.25) is 4.79 Å². The molecular formula is C16H21FN4O. The van der Waals surface area contributed by atoms with Gasteiger partial charge in [0.15, 0.2) is 0 Å². The van der Waals surface area contributed by atoms with Gasteiger partial charge in [-0.25, -0.2) is 9.49 Å². The summed E-state index contributed by atoms with van der Waals surface area (Å²) in [6, 6.07) is 2.64. The molecule has 0 unspecified atom stereocenters. The number of halogens is 1. The van der Waals surface area contributed by atoms with Crippen LogP contribution in [-0.2, 0) is 6.42 Å². The molecule has 0 amide bonds. The number of H-pyrrole nitrogens is 1. The number of likely N-dealkylation sites (tertiary alicyclic amines) is 1. The van der Waals surface area contributed by atoms with Crippen LogP contribution in [0.15, 0.2) is 16.9 Å². The van der Waals surface area contributed by atoms with Gasteiger partial charge in [-0.05, 0) is 45.1 Å². The highest BCUT2D eigenvalue weighted by Gasteiger charge is 2.16. The fourth-order valence-electron chi connectivity index (χ4n) is 3.02. The lowest BCUT2D eigenvalue weighted by Gasteiger charge is -2.20. The van der Waals surface area contributed by atoms with E-state index < -0.39 is 5.82 Å². The first kappa shape index (κ1) is 15.0. The molecule has 118 valence electrons. The third kappa shape index (κ3) is 3.11. The molecule has 2 N–H and O–H groups in total. The molecule has 22 heavy (non-hydrogen) atoms. The van der Waals surface area contributed by atoms with Crippen LogP contribution in [0.5, 0.6) is 0 Å². The number of aromatic nitrogens is 2. The van der Waals surface area contributed by atoms with Crippen LogP contribution in [0.4, 0.5) is 10.1 Å². The van der Waals surface area contributed by atoms with Crippen LogP contribution >= 0.6 is 0 Å². The van der Waals surface area contributed by atoms with E-state index in [1.165, 1.54) is 44.5 Å². The SMILES string of the molecule is CN1CCCCC1.O=c1[nH]nc2c3c(cc(F)cc13)NCC2. The lowest BCUT2D eigenvalue weighted by molar-refractivity contribution is 0.277. The van der Waals surface area contributed by atoms with E-state index in [1.54, 1.807) is 0 Å². The van der Waals surface area contributed by atoms with Gasteiger partial charge in [-0.2, -0.15) is 5.10 Å². The summed E-state index contributed by atoms with van der Waals surface area (Å²) in [5.74, 6) is -0.408. The Balaban J connectivity index is 0.000000174. The van der Waals surface area contributed by atoms with Gasteiger partial charge in [0.25, 0.3) is 5.56 Å². The molecule has 0 saturated carbocycles. The highest BCUT2D eigenvalue weighted by molar-refractivity contribution is 5.96. The molecule has 1 fully saturated rings. The molecule has 0 bridgehead atoms. The zero-order valence-corrected chi connectivity index (χ0v) is 12.8. The summed E-state index contributed by atoms with van der Waals surface area (Å²) >= 11 is 0. The monoisotopic (exact) mass is 304 g/mol. The van der Waals surface area contributed by atoms with Gasteiger partial charge in [0.05, 0.1) is 11.1 Å². The lowest BCUT2D eigenvalue weighted by Crippen LogP contribution is -2.24. The molecule has 2 aliphatic heterocycles. The molecule has 1 aromatic heterocycles. The van der Waals surface area contributed by atoms with Gasteiger partial charge in [0.2, 0.25) is 0 Å². The van der Waals surface area contributed by atoms with Gasteiger partial charge in [-0.15, -0.1) is 0 Å². The summed E-state index contributed by atoms with van der Waals surface area (Å²) < 4.78 is 13.2. The van der Waals surface area contributed by atoms with Crippen molar-refractivity contribution in [1.82, 2.24) is 15.1 Å². The Morgan fingerprint density at radius 2 is 2.00 bits per heavy atom. The van der Waals surface area contributed by atoms with E-state index >= 15 is 0 Å². The molecule has 0 radical (unpaired) electrons. The number of anilines is 1. The third-order valence-corrected chi connectivity index (χ3v) is 4.19. The number of nitrogens with zero attached hydrogens (tertiary/aromatic N) is 2. The third-order valence-electron chi connectivity index (χ3n) is 4.19. The maximum Gasteiger partial charge on any atom is 0.272 e. The minimum atomic E-state index is -0.408. The van der Waals surface area contributed by atoms with Crippen LogP contribution < -0.4 is 10.9 Å². The van der Waals surface area contributed by atoms with Crippen molar-refractivity contribution in [1.29, 1.82) is 0 Å². The topological polar surface area (TPSA) is 61.0 Å². The first-order chi connectivity index (χ1) is 10.6. The van der Waals surface area contributed by atoms with Gasteiger partial charge in [0, 0.05) is 24.0 Å². The summed E-state index contributed by atoms with van der Waals surface area (Å²) in [5, 5.41) is 10.5. The molecule has 1 saturated heterocycles. The summed E-state index contributed by atoms with van der Waals surface area (Å²) in [5.41, 5.74) is 1.13. The summed E-state index contributed by atoms with van der Waals surface area (Å²) in [4.78, 5) is 13.9. The first-order valence-electron chi connectivity index (χ1n) is 7.78. The molecule has 0 aliphatic carbocycles. The maximum absolute atomic E-state index is 13.2. The molecule has 3 heterocycles. The van der Waals surface area contributed by atoms with Gasteiger partial charge in [0.1, 0.15) is 5.82 Å². The normalized spacial score (nSPS) is 17.5. The number of benzene rings is 1. The van der Waals surface area contributed by atoms with E-state index in [0.717, 1.165) is 17.5 Å². The molecule has 0 spiro atoms. The second-order valence-corrected chi connectivity index (χ2v) is 5.92. The van der Waals surface area contributed by atoms with E-state index in [2.05, 4.69) is 27.5 Å². The maximum atomic E-state index is 13.2. The number of piperidine rings is 1. The minimum absolute atomic E-state index is 0.349. The van der Waals surface area contributed by atoms with E-state index in [9.17, 15) is 9.18 Å². The average molecular weight is 304 g/mol. The second-order valence-electron chi connectivity index (χ2n) is 5.92. The number of rotatable bonds is 0. The standard InChI is InChI=1S/C10H8FN3O.C6H13N/c11-5-3-6-9-7(13-14-10(6)15)1-2-12-8(9)4-5;1-7-5-3-2-4-6-7/h3-4,12H,1-2H2,(H,14,15);2-6H2,1H3. The van der Waals surface area contributed by atoms with Crippen molar-refractivity contribution >= 4 is 16.5 Å². The molecular weight excluding hydrogens is 283 g/mol. The predicted molar refractivity (Wildman–Crippen MR) is 85.9 cm³/mol. The molecule has 2 aromatic rings. The average Bonchev–Trinajstić information content (AvgIpc) is 2.52. The zero-order valence-electron chi connectivity index (χ0n) is 12.8. The Hall–Kier alpha value is -1.95. The van der Waals surface area contributed by atoms with Crippen LogP contribution in [0.1, 0.15) is 25.0 Å². The summed E-state index contributed by atoms with van der Waals surface area (Å²) in [7, 11) is 2.19. The van der Waals surface area contributed by atoms with Crippen molar-refractivity contribution in [3.05, 3.63) is 34.0 Å².